The lowest BCUT2D eigenvalue weighted by Crippen LogP contribution is -2.46. The predicted octanol–water partition coefficient (Wildman–Crippen LogP) is 1.11. The minimum absolute atomic E-state index is 0.120. The molecular weight excluding hydrogens is 380 g/mol. The molecule has 10 heteroatoms. The maximum atomic E-state index is 12.3. The summed E-state index contributed by atoms with van der Waals surface area (Å²) in [6, 6.07) is 5.08. The molecule has 1 fully saturated rings. The summed E-state index contributed by atoms with van der Waals surface area (Å²) in [5.74, 6) is 0.939. The molecule has 0 unspecified atom stereocenters. The lowest BCUT2D eigenvalue weighted by atomic mass is 10.2. The first-order valence-corrected chi connectivity index (χ1v) is 9.34. The minimum Gasteiger partial charge on any atom is -0.353 e. The fourth-order valence-electron chi connectivity index (χ4n) is 3.53. The molecule has 142 valence electrons. The van der Waals surface area contributed by atoms with Crippen molar-refractivity contribution in [3.05, 3.63) is 64.2 Å². The molecule has 0 N–H and O–H groups in total. The highest BCUT2D eigenvalue weighted by Gasteiger charge is 2.20. The first kappa shape index (κ1) is 17.1. The molecule has 0 aromatic carbocycles. The van der Waals surface area contributed by atoms with Gasteiger partial charge >= 0.3 is 0 Å². The highest BCUT2D eigenvalue weighted by molar-refractivity contribution is 6.30. The van der Waals surface area contributed by atoms with Crippen LogP contribution in [0, 0.1) is 0 Å². The van der Waals surface area contributed by atoms with Gasteiger partial charge in [0.25, 0.3) is 5.56 Å². The summed E-state index contributed by atoms with van der Waals surface area (Å²) in [6.45, 7) is 4.01. The van der Waals surface area contributed by atoms with Gasteiger partial charge in [-0.3, -0.25) is 19.1 Å². The molecule has 0 radical (unpaired) electrons. The number of hydrogen-bond acceptors (Lipinski definition) is 7. The number of halogens is 1. The van der Waals surface area contributed by atoms with Crippen molar-refractivity contribution in [2.24, 2.45) is 0 Å². The second-order valence-electron chi connectivity index (χ2n) is 6.72. The molecule has 5 heterocycles. The highest BCUT2D eigenvalue weighted by atomic mass is 35.5. The van der Waals surface area contributed by atoms with Crippen molar-refractivity contribution in [1.82, 2.24) is 33.9 Å². The SMILES string of the molecule is O=c1cc(CN2CCN(c3cncc4ncnn34)CC2)nc2ccc(Cl)cn12. The fourth-order valence-corrected chi connectivity index (χ4v) is 3.69. The van der Waals surface area contributed by atoms with E-state index in [0.29, 0.717) is 17.2 Å². The summed E-state index contributed by atoms with van der Waals surface area (Å²) in [5, 5.41) is 4.79. The van der Waals surface area contributed by atoms with Crippen LogP contribution in [-0.4, -0.2) is 60.0 Å². The molecule has 0 atom stereocenters. The van der Waals surface area contributed by atoms with E-state index in [1.807, 2.05) is 6.20 Å². The van der Waals surface area contributed by atoms with Crippen molar-refractivity contribution in [2.45, 2.75) is 6.54 Å². The number of hydrogen-bond donors (Lipinski definition) is 0. The molecule has 1 aliphatic rings. The molecule has 4 aromatic heterocycles. The molecule has 0 aliphatic carbocycles. The molecule has 28 heavy (non-hydrogen) atoms. The first-order chi connectivity index (χ1) is 13.7. The number of piperazine rings is 1. The van der Waals surface area contributed by atoms with Gasteiger partial charge in [0, 0.05) is 45.0 Å². The van der Waals surface area contributed by atoms with E-state index in [2.05, 4.69) is 29.9 Å². The summed E-state index contributed by atoms with van der Waals surface area (Å²) in [6.07, 6.45) is 6.64. The van der Waals surface area contributed by atoms with Gasteiger partial charge in [0.2, 0.25) is 0 Å². The molecule has 0 saturated carbocycles. The third-order valence-electron chi connectivity index (χ3n) is 4.93. The number of anilines is 1. The number of fused-ring (bicyclic) bond motifs is 2. The van der Waals surface area contributed by atoms with E-state index in [1.54, 1.807) is 35.1 Å². The van der Waals surface area contributed by atoms with E-state index in [1.165, 1.54) is 10.7 Å². The van der Waals surface area contributed by atoms with Crippen molar-refractivity contribution in [2.75, 3.05) is 31.1 Å². The largest absolute Gasteiger partial charge is 0.353 e. The average Bonchev–Trinajstić information content (AvgIpc) is 3.18. The lowest BCUT2D eigenvalue weighted by Gasteiger charge is -2.35. The summed E-state index contributed by atoms with van der Waals surface area (Å²) < 4.78 is 3.27. The van der Waals surface area contributed by atoms with Crippen LogP contribution in [-0.2, 0) is 6.54 Å². The Morgan fingerprint density at radius 3 is 2.79 bits per heavy atom. The Morgan fingerprint density at radius 1 is 1.07 bits per heavy atom. The van der Waals surface area contributed by atoms with Crippen molar-refractivity contribution in [3.63, 3.8) is 0 Å². The molecule has 1 saturated heterocycles. The van der Waals surface area contributed by atoms with Gasteiger partial charge in [-0.15, -0.1) is 0 Å². The normalized spacial score (nSPS) is 15.5. The average molecular weight is 397 g/mol. The quantitative estimate of drug-likeness (QED) is 0.513. The summed E-state index contributed by atoms with van der Waals surface area (Å²) >= 11 is 5.96. The van der Waals surface area contributed by atoms with Crippen LogP contribution in [0.5, 0.6) is 0 Å². The number of pyridine rings is 1. The second-order valence-corrected chi connectivity index (χ2v) is 7.16. The lowest BCUT2D eigenvalue weighted by molar-refractivity contribution is 0.246. The first-order valence-electron chi connectivity index (χ1n) is 8.96. The van der Waals surface area contributed by atoms with Crippen LogP contribution in [0.4, 0.5) is 5.82 Å². The summed E-state index contributed by atoms with van der Waals surface area (Å²) in [4.78, 5) is 29.9. The van der Waals surface area contributed by atoms with Crippen LogP contribution in [0.2, 0.25) is 5.02 Å². The molecular formula is C18H17ClN8O. The minimum atomic E-state index is -0.120. The highest BCUT2D eigenvalue weighted by Crippen LogP contribution is 2.17. The molecule has 0 bridgehead atoms. The molecule has 0 amide bonds. The summed E-state index contributed by atoms with van der Waals surface area (Å²) in [5.41, 5.74) is 1.99. The third kappa shape index (κ3) is 3.08. The number of nitrogens with zero attached hydrogens (tertiary/aromatic N) is 8. The van der Waals surface area contributed by atoms with Gasteiger partial charge in [-0.1, -0.05) is 11.6 Å². The standard InChI is InChI=1S/C18H17ClN8O/c19-13-1-2-15-23-14(7-18(28)26(15)10-13)11-24-3-5-25(6-4-24)17-9-20-8-16-21-12-22-27(16)17/h1-2,7-10,12H,3-6,11H2. The molecule has 4 aromatic rings. The zero-order chi connectivity index (χ0) is 19.1. The maximum Gasteiger partial charge on any atom is 0.258 e. The summed E-state index contributed by atoms with van der Waals surface area (Å²) in [7, 11) is 0. The van der Waals surface area contributed by atoms with Gasteiger partial charge in [0.1, 0.15) is 12.0 Å². The second kappa shape index (κ2) is 6.84. The van der Waals surface area contributed by atoms with E-state index < -0.39 is 0 Å². The smallest absolute Gasteiger partial charge is 0.258 e. The van der Waals surface area contributed by atoms with Crippen molar-refractivity contribution in [1.29, 1.82) is 0 Å². The van der Waals surface area contributed by atoms with Crippen LogP contribution < -0.4 is 10.5 Å². The van der Waals surface area contributed by atoms with Gasteiger partial charge in [-0.2, -0.15) is 9.61 Å². The van der Waals surface area contributed by atoms with Crippen LogP contribution >= 0.6 is 11.6 Å². The Hall–Kier alpha value is -3.04. The Bertz CT molecular complexity index is 1210. The Labute approximate surface area is 164 Å². The maximum absolute atomic E-state index is 12.3. The molecule has 1 aliphatic heterocycles. The van der Waals surface area contributed by atoms with Gasteiger partial charge < -0.3 is 4.90 Å². The zero-order valence-electron chi connectivity index (χ0n) is 14.9. The number of rotatable bonds is 3. The number of aromatic nitrogens is 6. The van der Waals surface area contributed by atoms with Crippen molar-refractivity contribution >= 4 is 28.7 Å². The predicted molar refractivity (Wildman–Crippen MR) is 105 cm³/mol. The van der Waals surface area contributed by atoms with Crippen LogP contribution in [0.25, 0.3) is 11.3 Å². The zero-order valence-corrected chi connectivity index (χ0v) is 15.7. The van der Waals surface area contributed by atoms with Gasteiger partial charge in [0.05, 0.1) is 23.1 Å². The van der Waals surface area contributed by atoms with Gasteiger partial charge in [0.15, 0.2) is 11.5 Å². The molecule has 0 spiro atoms. The van der Waals surface area contributed by atoms with Crippen LogP contribution in [0.15, 0.2) is 47.9 Å². The molecule has 9 nitrogen and oxygen atoms in total. The van der Waals surface area contributed by atoms with E-state index in [4.69, 9.17) is 11.6 Å². The van der Waals surface area contributed by atoms with E-state index in [0.717, 1.165) is 43.3 Å². The van der Waals surface area contributed by atoms with Gasteiger partial charge in [-0.25, -0.2) is 9.97 Å². The monoisotopic (exact) mass is 396 g/mol. The van der Waals surface area contributed by atoms with Gasteiger partial charge in [-0.05, 0) is 12.1 Å². The van der Waals surface area contributed by atoms with Crippen molar-refractivity contribution < 1.29 is 0 Å². The third-order valence-corrected chi connectivity index (χ3v) is 5.15. The van der Waals surface area contributed by atoms with Crippen LogP contribution in [0.3, 0.4) is 0 Å². The Kier molecular flexibility index (Phi) is 4.18. The topological polar surface area (TPSA) is 83.9 Å². The Balaban J connectivity index is 1.31. The van der Waals surface area contributed by atoms with Crippen LogP contribution in [0.1, 0.15) is 5.69 Å². The molecule has 5 rings (SSSR count). The fraction of sp³-hybridized carbons (Fsp3) is 0.278. The van der Waals surface area contributed by atoms with E-state index in [9.17, 15) is 4.79 Å². The van der Waals surface area contributed by atoms with Crippen molar-refractivity contribution in [3.8, 4) is 0 Å². The van der Waals surface area contributed by atoms with E-state index in [-0.39, 0.29) is 5.56 Å². The van der Waals surface area contributed by atoms with E-state index >= 15 is 0 Å². The Morgan fingerprint density at radius 2 is 1.93 bits per heavy atom.